The number of hydrogen-bond donors (Lipinski definition) is 0. The number of rotatable bonds is 39. The van der Waals surface area contributed by atoms with Crippen LogP contribution in [0, 0.1) is 0 Å². The average Bonchev–Trinajstić information content (AvgIpc) is 3.06. The van der Waals surface area contributed by atoms with Crippen LogP contribution in [0.15, 0.2) is 0 Å². The lowest BCUT2D eigenvalue weighted by atomic mass is 10.2. The van der Waals surface area contributed by atoms with E-state index < -0.39 is 26.1 Å². The van der Waals surface area contributed by atoms with Crippen molar-refractivity contribution in [3.05, 3.63) is 0 Å². The topological polar surface area (TPSA) is 100 Å². The molecule has 0 aromatic carbocycles. The molecule has 0 saturated carbocycles. The Balaban J connectivity index is 5.67. The highest BCUT2D eigenvalue weighted by atomic mass is 31.2. The number of phosphoric ester groups is 1. The third kappa shape index (κ3) is 30.4. The molecule has 3 unspecified atom stereocenters. The van der Waals surface area contributed by atoms with Crippen LogP contribution in [-0.4, -0.2) is 97.6 Å². The highest BCUT2D eigenvalue weighted by Crippen LogP contribution is 2.54. The van der Waals surface area contributed by atoms with Gasteiger partial charge in [-0.25, -0.2) is 4.57 Å². The Morgan fingerprint density at radius 2 is 0.660 bits per heavy atom. The second-order valence-electron chi connectivity index (χ2n) is 12.0. The minimum Gasteiger partial charge on any atom is -0.381 e. The van der Waals surface area contributed by atoms with E-state index in [9.17, 15) is 4.57 Å². The van der Waals surface area contributed by atoms with Gasteiger partial charge in [-0.1, -0.05) is 40.0 Å². The standard InChI is InChI=1S/C36H75O10P/c1-7-13-25-41-28-19-16-22-34(31-38-10-4)44-47(37,45-35(32-39-11-5)23-17-20-29-42-26-14-8-2)46-36(33-40-12-6)24-18-21-30-43-27-15-9-3/h34-36H,7-33H2,1-6H3. The van der Waals surface area contributed by atoms with Gasteiger partial charge >= 0.3 is 7.82 Å². The fourth-order valence-electron chi connectivity index (χ4n) is 4.64. The van der Waals surface area contributed by atoms with Gasteiger partial charge < -0.3 is 28.4 Å². The van der Waals surface area contributed by atoms with Crippen molar-refractivity contribution in [3.63, 3.8) is 0 Å². The summed E-state index contributed by atoms with van der Waals surface area (Å²) in [6.07, 6.45) is 12.4. The summed E-state index contributed by atoms with van der Waals surface area (Å²) in [5.74, 6) is 0. The van der Waals surface area contributed by atoms with Crippen molar-refractivity contribution in [1.29, 1.82) is 0 Å². The number of hydrogen-bond acceptors (Lipinski definition) is 10. The van der Waals surface area contributed by atoms with Gasteiger partial charge in [-0.05, 0) is 97.8 Å². The lowest BCUT2D eigenvalue weighted by Gasteiger charge is -2.30. The van der Waals surface area contributed by atoms with Gasteiger partial charge in [0.1, 0.15) is 0 Å². The molecule has 284 valence electrons. The molecule has 0 heterocycles. The molecule has 0 rings (SSSR count). The number of phosphoric acid groups is 1. The van der Waals surface area contributed by atoms with Gasteiger partial charge in [-0.2, -0.15) is 0 Å². The molecule has 0 aromatic rings. The molecule has 3 atom stereocenters. The van der Waals surface area contributed by atoms with E-state index in [1.165, 1.54) is 0 Å². The van der Waals surface area contributed by atoms with Crippen molar-refractivity contribution < 1.29 is 46.6 Å². The van der Waals surface area contributed by atoms with E-state index in [2.05, 4.69) is 20.8 Å². The predicted molar refractivity (Wildman–Crippen MR) is 190 cm³/mol. The summed E-state index contributed by atoms with van der Waals surface area (Å²) in [6, 6.07) is 0. The van der Waals surface area contributed by atoms with Crippen LogP contribution in [0.5, 0.6) is 0 Å². The third-order valence-corrected chi connectivity index (χ3v) is 9.15. The maximum absolute atomic E-state index is 14.6. The quantitative estimate of drug-likeness (QED) is 0.0456. The molecule has 0 aliphatic carbocycles. The van der Waals surface area contributed by atoms with Gasteiger partial charge in [0.25, 0.3) is 0 Å². The predicted octanol–water partition coefficient (Wildman–Crippen LogP) is 9.32. The van der Waals surface area contributed by atoms with Gasteiger partial charge in [-0.3, -0.25) is 13.6 Å². The van der Waals surface area contributed by atoms with E-state index in [1.54, 1.807) is 0 Å². The van der Waals surface area contributed by atoms with Crippen LogP contribution >= 0.6 is 7.82 Å². The fourth-order valence-corrected chi connectivity index (χ4v) is 6.39. The molecule has 0 aromatic heterocycles. The molecular formula is C36H75O10P. The smallest absolute Gasteiger partial charge is 0.381 e. The Hall–Kier alpha value is -0.130. The summed E-state index contributed by atoms with van der Waals surface area (Å²) < 4.78 is 68.2. The number of unbranched alkanes of at least 4 members (excludes halogenated alkanes) is 6. The lowest BCUT2D eigenvalue weighted by molar-refractivity contribution is -0.0370. The third-order valence-electron chi connectivity index (χ3n) is 7.48. The minimum absolute atomic E-state index is 0.306. The first kappa shape index (κ1) is 46.9. The summed E-state index contributed by atoms with van der Waals surface area (Å²) in [5, 5.41) is 0. The average molecular weight is 699 g/mol. The first-order chi connectivity index (χ1) is 23.0. The fraction of sp³-hybridized carbons (Fsp3) is 1.00. The first-order valence-electron chi connectivity index (χ1n) is 19.1. The Morgan fingerprint density at radius 1 is 0.383 bits per heavy atom. The van der Waals surface area contributed by atoms with Crippen molar-refractivity contribution in [2.45, 2.75) is 156 Å². The van der Waals surface area contributed by atoms with Crippen molar-refractivity contribution in [2.75, 3.05) is 79.3 Å². The first-order valence-corrected chi connectivity index (χ1v) is 20.6. The second-order valence-corrected chi connectivity index (χ2v) is 13.5. The van der Waals surface area contributed by atoms with Gasteiger partial charge in [0, 0.05) is 59.5 Å². The van der Waals surface area contributed by atoms with E-state index in [4.69, 9.17) is 42.0 Å². The summed E-state index contributed by atoms with van der Waals surface area (Å²) >= 11 is 0. The molecule has 0 aliphatic rings. The minimum atomic E-state index is -4.05. The van der Waals surface area contributed by atoms with Gasteiger partial charge in [0.05, 0.1) is 38.1 Å². The molecule has 11 heteroatoms. The van der Waals surface area contributed by atoms with Gasteiger partial charge in [-0.15, -0.1) is 0 Å². The molecule has 0 aliphatic heterocycles. The lowest BCUT2D eigenvalue weighted by Crippen LogP contribution is -2.28. The Kier molecular flexibility index (Phi) is 35.6. The summed E-state index contributed by atoms with van der Waals surface area (Å²) in [4.78, 5) is 0. The van der Waals surface area contributed by atoms with Crippen LogP contribution in [-0.2, 0) is 46.6 Å². The Morgan fingerprint density at radius 3 is 0.915 bits per heavy atom. The molecule has 0 bridgehead atoms. The van der Waals surface area contributed by atoms with Gasteiger partial charge in [0.2, 0.25) is 0 Å². The molecular weight excluding hydrogens is 623 g/mol. The van der Waals surface area contributed by atoms with E-state index in [1.807, 2.05) is 20.8 Å². The van der Waals surface area contributed by atoms with Gasteiger partial charge in [0.15, 0.2) is 0 Å². The largest absolute Gasteiger partial charge is 0.475 e. The second kappa shape index (κ2) is 35.7. The van der Waals surface area contributed by atoms with Crippen LogP contribution in [0.25, 0.3) is 0 Å². The molecule has 10 nitrogen and oxygen atoms in total. The van der Waals surface area contributed by atoms with Crippen molar-refractivity contribution in [3.8, 4) is 0 Å². The van der Waals surface area contributed by atoms with E-state index >= 15 is 0 Å². The SMILES string of the molecule is CCCCOCCCCC(COCC)OP(=O)(OC(CCCCOCCCC)COCC)OC(CCCCOCCCC)COCC. The van der Waals surface area contributed by atoms with Crippen molar-refractivity contribution >= 4 is 7.82 Å². The van der Waals surface area contributed by atoms with Crippen LogP contribution < -0.4 is 0 Å². The van der Waals surface area contributed by atoms with Crippen LogP contribution in [0.4, 0.5) is 0 Å². The zero-order valence-electron chi connectivity index (χ0n) is 31.4. The van der Waals surface area contributed by atoms with Crippen LogP contribution in [0.1, 0.15) is 138 Å². The molecule has 0 spiro atoms. The Labute approximate surface area is 289 Å². The van der Waals surface area contributed by atoms with Crippen molar-refractivity contribution in [1.82, 2.24) is 0 Å². The summed E-state index contributed by atoms with van der Waals surface area (Å²) in [6.45, 7) is 19.3. The molecule has 0 N–H and O–H groups in total. The molecule has 47 heavy (non-hydrogen) atoms. The van der Waals surface area contributed by atoms with Crippen LogP contribution in [0.2, 0.25) is 0 Å². The van der Waals surface area contributed by atoms with Crippen LogP contribution in [0.3, 0.4) is 0 Å². The van der Waals surface area contributed by atoms with E-state index in [0.717, 1.165) is 96.9 Å². The van der Waals surface area contributed by atoms with E-state index in [0.29, 0.717) is 78.7 Å². The summed E-state index contributed by atoms with van der Waals surface area (Å²) in [7, 11) is -4.05. The summed E-state index contributed by atoms with van der Waals surface area (Å²) in [5.41, 5.74) is 0. The van der Waals surface area contributed by atoms with Crippen molar-refractivity contribution in [2.24, 2.45) is 0 Å². The molecule has 0 amide bonds. The molecule has 0 fully saturated rings. The monoisotopic (exact) mass is 699 g/mol. The molecule has 0 radical (unpaired) electrons. The highest BCUT2D eigenvalue weighted by Gasteiger charge is 2.37. The molecule has 0 saturated heterocycles. The van der Waals surface area contributed by atoms with E-state index in [-0.39, 0.29) is 0 Å². The normalized spacial score (nSPS) is 15.1. The maximum Gasteiger partial charge on any atom is 0.475 e. The highest BCUT2D eigenvalue weighted by molar-refractivity contribution is 7.48. The maximum atomic E-state index is 14.6. The Bertz CT molecular complexity index is 586. The zero-order valence-corrected chi connectivity index (χ0v) is 32.2. The number of ether oxygens (including phenoxy) is 6. The zero-order chi connectivity index (χ0) is 34.7.